The van der Waals surface area contributed by atoms with Crippen molar-refractivity contribution in [1.82, 2.24) is 10.0 Å². The maximum Gasteiger partial charge on any atom is 0.245 e. The summed E-state index contributed by atoms with van der Waals surface area (Å²) in [6, 6.07) is 3.63. The number of hydrogen-bond acceptors (Lipinski definition) is 4. The molecule has 0 radical (unpaired) electrons. The summed E-state index contributed by atoms with van der Waals surface area (Å²) in [7, 11) is -4.07. The van der Waals surface area contributed by atoms with E-state index < -0.39 is 20.7 Å². The molecular weight excluding hydrogens is 285 g/mol. The van der Waals surface area contributed by atoms with Crippen molar-refractivity contribution in [2.24, 2.45) is 0 Å². The van der Waals surface area contributed by atoms with Gasteiger partial charge in [0.25, 0.3) is 0 Å². The quantitative estimate of drug-likeness (QED) is 0.642. The van der Waals surface area contributed by atoms with Crippen LogP contribution in [0.4, 0.5) is 10.1 Å². The monoisotopic (exact) mass is 303 g/mol. The third-order valence-electron chi connectivity index (χ3n) is 2.48. The fourth-order valence-electron chi connectivity index (χ4n) is 1.53. The lowest BCUT2D eigenvalue weighted by Gasteiger charge is -2.10. The first-order valence-electron chi connectivity index (χ1n) is 6.19. The number of anilines is 1. The minimum atomic E-state index is -4.07. The van der Waals surface area contributed by atoms with Gasteiger partial charge in [0.15, 0.2) is 0 Å². The number of carbonyl (C=O) groups excluding carboxylic acids is 1. The SMILES string of the molecule is CCCNC(=O)CCNS(=O)(=O)c1c(N)cccc1F. The van der Waals surface area contributed by atoms with Crippen molar-refractivity contribution < 1.29 is 17.6 Å². The second kappa shape index (κ2) is 7.20. The van der Waals surface area contributed by atoms with Gasteiger partial charge in [0.05, 0.1) is 5.69 Å². The van der Waals surface area contributed by atoms with Gasteiger partial charge in [0.2, 0.25) is 15.9 Å². The van der Waals surface area contributed by atoms with Crippen LogP contribution in [-0.4, -0.2) is 27.4 Å². The lowest BCUT2D eigenvalue weighted by Crippen LogP contribution is -2.31. The molecule has 1 aromatic carbocycles. The average molecular weight is 303 g/mol. The molecule has 0 atom stereocenters. The van der Waals surface area contributed by atoms with Gasteiger partial charge in [-0.1, -0.05) is 13.0 Å². The highest BCUT2D eigenvalue weighted by Crippen LogP contribution is 2.21. The fraction of sp³-hybridized carbons (Fsp3) is 0.417. The zero-order valence-electron chi connectivity index (χ0n) is 11.1. The highest BCUT2D eigenvalue weighted by atomic mass is 32.2. The topological polar surface area (TPSA) is 101 Å². The summed E-state index contributed by atoms with van der Waals surface area (Å²) >= 11 is 0. The minimum Gasteiger partial charge on any atom is -0.398 e. The van der Waals surface area contributed by atoms with E-state index in [1.807, 2.05) is 6.92 Å². The molecule has 6 nitrogen and oxygen atoms in total. The second-order valence-electron chi connectivity index (χ2n) is 4.16. The molecule has 1 rings (SSSR count). The molecule has 1 aromatic rings. The van der Waals surface area contributed by atoms with Gasteiger partial charge in [-0.15, -0.1) is 0 Å². The lowest BCUT2D eigenvalue weighted by atomic mass is 10.3. The number of nitrogens with one attached hydrogen (secondary N) is 2. The predicted octanol–water partition coefficient (Wildman–Crippen LogP) is 0.603. The molecule has 0 heterocycles. The van der Waals surface area contributed by atoms with Crippen molar-refractivity contribution >= 4 is 21.6 Å². The van der Waals surface area contributed by atoms with Gasteiger partial charge in [-0.05, 0) is 18.6 Å². The maximum atomic E-state index is 13.5. The van der Waals surface area contributed by atoms with Crippen LogP contribution in [0.1, 0.15) is 19.8 Å². The van der Waals surface area contributed by atoms with Crippen LogP contribution in [-0.2, 0) is 14.8 Å². The normalized spacial score (nSPS) is 11.3. The van der Waals surface area contributed by atoms with Gasteiger partial charge in [0, 0.05) is 19.5 Å². The third kappa shape index (κ3) is 4.46. The number of hydrogen-bond donors (Lipinski definition) is 3. The zero-order chi connectivity index (χ0) is 15.2. The lowest BCUT2D eigenvalue weighted by molar-refractivity contribution is -0.120. The van der Waals surface area contributed by atoms with Crippen molar-refractivity contribution in [1.29, 1.82) is 0 Å². The van der Waals surface area contributed by atoms with Crippen molar-refractivity contribution in [2.75, 3.05) is 18.8 Å². The summed E-state index contributed by atoms with van der Waals surface area (Å²) in [6.07, 6.45) is 0.775. The van der Waals surface area contributed by atoms with E-state index in [1.165, 1.54) is 12.1 Å². The van der Waals surface area contributed by atoms with Crippen molar-refractivity contribution in [2.45, 2.75) is 24.7 Å². The molecule has 112 valence electrons. The molecule has 0 saturated carbocycles. The Labute approximate surface area is 117 Å². The summed E-state index contributed by atoms with van der Waals surface area (Å²) < 4.78 is 39.5. The van der Waals surface area contributed by atoms with Crippen LogP contribution in [0.2, 0.25) is 0 Å². The van der Waals surface area contributed by atoms with E-state index in [9.17, 15) is 17.6 Å². The Morgan fingerprint density at radius 1 is 1.35 bits per heavy atom. The molecule has 0 fully saturated rings. The number of benzene rings is 1. The summed E-state index contributed by atoms with van der Waals surface area (Å²) in [5.74, 6) is -1.19. The Balaban J connectivity index is 2.65. The van der Waals surface area contributed by atoms with Crippen LogP contribution in [0.15, 0.2) is 23.1 Å². The van der Waals surface area contributed by atoms with Gasteiger partial charge >= 0.3 is 0 Å². The van der Waals surface area contributed by atoms with Gasteiger partial charge in [-0.2, -0.15) is 0 Å². The summed E-state index contributed by atoms with van der Waals surface area (Å²) in [4.78, 5) is 10.7. The van der Waals surface area contributed by atoms with Crippen LogP contribution in [0.25, 0.3) is 0 Å². The first kappa shape index (κ1) is 16.4. The average Bonchev–Trinajstić information content (AvgIpc) is 2.35. The van der Waals surface area contributed by atoms with Crippen molar-refractivity contribution in [3.63, 3.8) is 0 Å². The minimum absolute atomic E-state index is 0.0203. The molecule has 0 spiro atoms. The van der Waals surface area contributed by atoms with E-state index in [-0.39, 0.29) is 24.6 Å². The van der Waals surface area contributed by atoms with Crippen LogP contribution < -0.4 is 15.8 Å². The number of rotatable bonds is 7. The number of halogens is 1. The highest BCUT2D eigenvalue weighted by molar-refractivity contribution is 7.89. The Bertz CT molecular complexity index is 555. The first-order valence-corrected chi connectivity index (χ1v) is 7.67. The van der Waals surface area contributed by atoms with Crippen molar-refractivity contribution in [3.8, 4) is 0 Å². The van der Waals surface area contributed by atoms with Gasteiger partial charge in [0.1, 0.15) is 10.7 Å². The van der Waals surface area contributed by atoms with Crippen LogP contribution in [0.3, 0.4) is 0 Å². The predicted molar refractivity (Wildman–Crippen MR) is 73.9 cm³/mol. The van der Waals surface area contributed by atoms with Gasteiger partial charge in [-0.25, -0.2) is 17.5 Å². The van der Waals surface area contributed by atoms with Gasteiger partial charge < -0.3 is 11.1 Å². The standard InChI is InChI=1S/C12H18FN3O3S/c1-2-7-15-11(17)6-8-16-20(18,19)12-9(13)4-3-5-10(12)14/h3-5,16H,2,6-8,14H2,1H3,(H,15,17). The fourth-order valence-corrected chi connectivity index (χ4v) is 2.75. The summed E-state index contributed by atoms with van der Waals surface area (Å²) in [6.45, 7) is 2.32. The molecule has 0 aliphatic heterocycles. The molecule has 0 aliphatic rings. The molecule has 4 N–H and O–H groups in total. The first-order chi connectivity index (χ1) is 9.38. The van der Waals surface area contributed by atoms with Crippen LogP contribution in [0.5, 0.6) is 0 Å². The molecular formula is C12H18FN3O3S. The number of nitrogens with two attached hydrogens (primary N) is 1. The summed E-state index contributed by atoms with van der Waals surface area (Å²) in [5.41, 5.74) is 5.29. The largest absolute Gasteiger partial charge is 0.398 e. The zero-order valence-corrected chi connectivity index (χ0v) is 12.0. The van der Waals surface area contributed by atoms with Crippen LogP contribution >= 0.6 is 0 Å². The van der Waals surface area contributed by atoms with E-state index in [2.05, 4.69) is 10.0 Å². The molecule has 0 aliphatic carbocycles. The van der Waals surface area contributed by atoms with E-state index >= 15 is 0 Å². The highest BCUT2D eigenvalue weighted by Gasteiger charge is 2.21. The Morgan fingerprint density at radius 3 is 2.65 bits per heavy atom. The molecule has 0 aromatic heterocycles. The molecule has 20 heavy (non-hydrogen) atoms. The molecule has 8 heteroatoms. The summed E-state index contributed by atoms with van der Waals surface area (Å²) in [5, 5.41) is 2.61. The van der Waals surface area contributed by atoms with E-state index in [4.69, 9.17) is 5.73 Å². The van der Waals surface area contributed by atoms with E-state index in [0.717, 1.165) is 12.5 Å². The molecule has 0 saturated heterocycles. The Morgan fingerprint density at radius 2 is 2.05 bits per heavy atom. The van der Waals surface area contributed by atoms with Crippen molar-refractivity contribution in [3.05, 3.63) is 24.0 Å². The molecule has 0 unspecified atom stereocenters. The number of amides is 1. The molecule has 0 bridgehead atoms. The Kier molecular flexibility index (Phi) is 5.90. The maximum absolute atomic E-state index is 13.5. The van der Waals surface area contributed by atoms with Crippen LogP contribution in [0, 0.1) is 5.82 Å². The number of nitrogen functional groups attached to an aromatic ring is 1. The molecule has 1 amide bonds. The smallest absolute Gasteiger partial charge is 0.245 e. The number of carbonyl (C=O) groups is 1. The number of sulfonamides is 1. The van der Waals surface area contributed by atoms with Gasteiger partial charge in [-0.3, -0.25) is 4.79 Å². The van der Waals surface area contributed by atoms with E-state index in [1.54, 1.807) is 0 Å². The third-order valence-corrected chi connectivity index (χ3v) is 4.03. The Hall–Kier alpha value is -1.67. The van der Waals surface area contributed by atoms with E-state index in [0.29, 0.717) is 6.54 Å². The second-order valence-corrected chi connectivity index (χ2v) is 5.86.